The van der Waals surface area contributed by atoms with E-state index in [9.17, 15) is 4.79 Å². The molecule has 4 aromatic carbocycles. The van der Waals surface area contributed by atoms with E-state index in [0.29, 0.717) is 13.1 Å². The first-order valence-electron chi connectivity index (χ1n) is 13.5. The highest BCUT2D eigenvalue weighted by Gasteiger charge is 2.51. The number of hydrogen-bond acceptors (Lipinski definition) is 4. The molecular formula is C34H39NO3Si. The number of rotatable bonds is 11. The monoisotopic (exact) mass is 537 g/mol. The van der Waals surface area contributed by atoms with Gasteiger partial charge in [-0.3, -0.25) is 9.69 Å². The van der Waals surface area contributed by atoms with E-state index in [0.717, 1.165) is 11.1 Å². The van der Waals surface area contributed by atoms with Crippen molar-refractivity contribution in [2.45, 2.75) is 44.9 Å². The molecule has 4 rings (SSSR count). The van der Waals surface area contributed by atoms with Crippen molar-refractivity contribution in [3.05, 3.63) is 132 Å². The zero-order valence-electron chi connectivity index (χ0n) is 23.4. The average Bonchev–Trinajstić information content (AvgIpc) is 2.96. The number of carbonyl (C=O) groups is 1. The Labute approximate surface area is 234 Å². The first-order chi connectivity index (χ1) is 18.8. The van der Waals surface area contributed by atoms with E-state index in [1.54, 1.807) is 0 Å². The maximum absolute atomic E-state index is 13.4. The van der Waals surface area contributed by atoms with Crippen LogP contribution in [-0.2, 0) is 27.0 Å². The number of hydrogen-bond donors (Lipinski definition) is 0. The minimum absolute atomic E-state index is 0.194. The van der Waals surface area contributed by atoms with Crippen molar-refractivity contribution in [1.29, 1.82) is 0 Å². The van der Waals surface area contributed by atoms with Crippen LogP contribution in [0.4, 0.5) is 0 Å². The van der Waals surface area contributed by atoms with Crippen molar-refractivity contribution in [2.75, 3.05) is 13.7 Å². The fourth-order valence-electron chi connectivity index (χ4n) is 5.34. The lowest BCUT2D eigenvalue weighted by molar-refractivity contribution is -0.149. The van der Waals surface area contributed by atoms with Crippen molar-refractivity contribution in [3.63, 3.8) is 0 Å². The molecule has 0 unspecified atom stereocenters. The van der Waals surface area contributed by atoms with Crippen LogP contribution in [0.2, 0.25) is 5.04 Å². The lowest BCUT2D eigenvalue weighted by Crippen LogP contribution is -2.67. The summed E-state index contributed by atoms with van der Waals surface area (Å²) in [6.07, 6.45) is 0. The lowest BCUT2D eigenvalue weighted by Gasteiger charge is -2.44. The Morgan fingerprint density at radius 3 is 1.44 bits per heavy atom. The highest BCUT2D eigenvalue weighted by Crippen LogP contribution is 2.37. The van der Waals surface area contributed by atoms with Gasteiger partial charge in [0.15, 0.2) is 0 Å². The van der Waals surface area contributed by atoms with Gasteiger partial charge < -0.3 is 9.16 Å². The Morgan fingerprint density at radius 2 is 1.08 bits per heavy atom. The molecule has 0 fully saturated rings. The third-order valence-corrected chi connectivity index (χ3v) is 12.3. The summed E-state index contributed by atoms with van der Waals surface area (Å²) in [5.74, 6) is -0.292. The predicted octanol–water partition coefficient (Wildman–Crippen LogP) is 5.81. The SMILES string of the molecule is COC(=O)[C@H](CO[Si](c1ccccc1)(c1ccccc1)C(C)(C)C)N(Cc1ccccc1)Cc1ccccc1. The molecule has 0 amide bonds. The molecule has 4 nitrogen and oxygen atoms in total. The minimum atomic E-state index is -2.84. The van der Waals surface area contributed by atoms with E-state index in [2.05, 4.69) is 98.5 Å². The first kappa shape index (κ1) is 28.5. The molecule has 0 aliphatic rings. The Bertz CT molecular complexity index is 1210. The molecular weight excluding hydrogens is 498 g/mol. The van der Waals surface area contributed by atoms with Crippen LogP contribution in [0, 0.1) is 0 Å². The smallest absolute Gasteiger partial charge is 0.325 e. The maximum atomic E-state index is 13.4. The third-order valence-electron chi connectivity index (χ3n) is 7.25. The molecule has 0 saturated carbocycles. The van der Waals surface area contributed by atoms with Crippen LogP contribution in [0.1, 0.15) is 31.9 Å². The molecule has 0 aliphatic heterocycles. The van der Waals surface area contributed by atoms with E-state index < -0.39 is 14.4 Å². The molecule has 39 heavy (non-hydrogen) atoms. The van der Waals surface area contributed by atoms with Crippen LogP contribution in [-0.4, -0.2) is 38.9 Å². The topological polar surface area (TPSA) is 38.8 Å². The summed E-state index contributed by atoms with van der Waals surface area (Å²) < 4.78 is 12.6. The van der Waals surface area contributed by atoms with Gasteiger partial charge in [-0.2, -0.15) is 0 Å². The summed E-state index contributed by atoms with van der Waals surface area (Å²) in [5.41, 5.74) is 2.26. The Hall–Kier alpha value is -3.51. The first-order valence-corrected chi connectivity index (χ1v) is 15.4. The van der Waals surface area contributed by atoms with Gasteiger partial charge >= 0.3 is 5.97 Å². The molecule has 4 aromatic rings. The summed E-state index contributed by atoms with van der Waals surface area (Å²) in [6.45, 7) is 8.16. The van der Waals surface area contributed by atoms with Crippen LogP contribution in [0.3, 0.4) is 0 Å². The fourth-order valence-corrected chi connectivity index (χ4v) is 9.90. The van der Waals surface area contributed by atoms with Crippen molar-refractivity contribution < 1.29 is 14.0 Å². The normalized spacial score (nSPS) is 12.7. The van der Waals surface area contributed by atoms with Gasteiger partial charge in [0, 0.05) is 13.1 Å². The third kappa shape index (κ3) is 6.74. The van der Waals surface area contributed by atoms with Crippen LogP contribution in [0.5, 0.6) is 0 Å². The van der Waals surface area contributed by atoms with Gasteiger partial charge in [-0.1, -0.05) is 142 Å². The van der Waals surface area contributed by atoms with Crippen molar-refractivity contribution in [2.24, 2.45) is 0 Å². The van der Waals surface area contributed by atoms with Crippen LogP contribution >= 0.6 is 0 Å². The van der Waals surface area contributed by atoms with Gasteiger partial charge in [-0.25, -0.2) is 0 Å². The molecule has 0 aliphatic carbocycles. The summed E-state index contributed by atoms with van der Waals surface area (Å²) in [5, 5.41) is 2.18. The molecule has 0 N–H and O–H groups in total. The summed E-state index contributed by atoms with van der Waals surface area (Å²) in [7, 11) is -1.38. The van der Waals surface area contributed by atoms with Crippen molar-refractivity contribution >= 4 is 24.7 Å². The zero-order chi connectivity index (χ0) is 27.7. The Morgan fingerprint density at radius 1 is 0.692 bits per heavy atom. The second kappa shape index (κ2) is 13.0. The highest BCUT2D eigenvalue weighted by atomic mass is 28.4. The largest absolute Gasteiger partial charge is 0.468 e. The number of methoxy groups -OCH3 is 1. The Kier molecular flexibility index (Phi) is 9.52. The Balaban J connectivity index is 1.76. The van der Waals surface area contributed by atoms with Crippen molar-refractivity contribution in [3.8, 4) is 0 Å². The number of ether oxygens (including phenoxy) is 1. The van der Waals surface area contributed by atoms with Gasteiger partial charge in [0.2, 0.25) is 0 Å². The van der Waals surface area contributed by atoms with Crippen molar-refractivity contribution in [1.82, 2.24) is 4.90 Å². The van der Waals surface area contributed by atoms with Gasteiger partial charge in [0.1, 0.15) is 6.04 Å². The lowest BCUT2D eigenvalue weighted by atomic mass is 10.1. The van der Waals surface area contributed by atoms with Gasteiger partial charge in [-0.15, -0.1) is 0 Å². The second-order valence-corrected chi connectivity index (χ2v) is 15.2. The van der Waals surface area contributed by atoms with Gasteiger partial charge in [0.25, 0.3) is 8.32 Å². The van der Waals surface area contributed by atoms with Gasteiger partial charge in [-0.05, 0) is 26.5 Å². The zero-order valence-corrected chi connectivity index (χ0v) is 24.4. The van der Waals surface area contributed by atoms with Crippen LogP contribution in [0.25, 0.3) is 0 Å². The molecule has 202 valence electrons. The average molecular weight is 538 g/mol. The fraction of sp³-hybridized carbons (Fsp3) is 0.265. The molecule has 0 spiro atoms. The van der Waals surface area contributed by atoms with E-state index in [1.807, 2.05) is 48.5 Å². The van der Waals surface area contributed by atoms with E-state index >= 15 is 0 Å². The molecule has 0 radical (unpaired) electrons. The van der Waals surface area contributed by atoms with Crippen LogP contribution < -0.4 is 10.4 Å². The van der Waals surface area contributed by atoms with Gasteiger partial charge in [0.05, 0.1) is 13.7 Å². The number of carbonyl (C=O) groups excluding carboxylic acids is 1. The van der Waals surface area contributed by atoms with E-state index in [4.69, 9.17) is 9.16 Å². The summed E-state index contributed by atoms with van der Waals surface area (Å²) in [6, 6.07) is 41.0. The standard InChI is InChI=1S/C34H39NO3Si/c1-34(2,3)39(30-21-13-7-14-22-30,31-23-15-8-16-24-31)38-27-32(33(36)37-4)35(25-28-17-9-5-10-18-28)26-29-19-11-6-12-20-29/h5-24,32H,25-27H2,1-4H3/t32-/m0/s1. The second-order valence-electron chi connectivity index (χ2n) is 10.9. The number of esters is 1. The minimum Gasteiger partial charge on any atom is -0.468 e. The molecule has 0 bridgehead atoms. The van der Waals surface area contributed by atoms with E-state index in [1.165, 1.54) is 17.5 Å². The van der Waals surface area contributed by atoms with E-state index in [-0.39, 0.29) is 17.6 Å². The molecule has 0 saturated heterocycles. The number of benzene rings is 4. The predicted molar refractivity (Wildman–Crippen MR) is 162 cm³/mol. The quantitative estimate of drug-likeness (QED) is 0.179. The molecule has 0 aromatic heterocycles. The summed E-state index contributed by atoms with van der Waals surface area (Å²) >= 11 is 0. The molecule has 0 heterocycles. The summed E-state index contributed by atoms with van der Waals surface area (Å²) in [4.78, 5) is 15.6. The highest BCUT2D eigenvalue weighted by molar-refractivity contribution is 6.99. The molecule has 5 heteroatoms. The maximum Gasteiger partial charge on any atom is 0.325 e. The molecule has 1 atom stereocenters. The van der Waals surface area contributed by atoms with Crippen LogP contribution in [0.15, 0.2) is 121 Å². The number of nitrogens with zero attached hydrogens (tertiary/aromatic N) is 1.